The van der Waals surface area contributed by atoms with Gasteiger partial charge in [0.15, 0.2) is 23.0 Å². The van der Waals surface area contributed by atoms with E-state index in [2.05, 4.69) is 36.5 Å². The van der Waals surface area contributed by atoms with Gasteiger partial charge in [0.2, 0.25) is 5.95 Å². The molecule has 0 radical (unpaired) electrons. The summed E-state index contributed by atoms with van der Waals surface area (Å²) in [6.07, 6.45) is 4.53. The Balaban J connectivity index is 0.000000353. The van der Waals surface area contributed by atoms with Crippen molar-refractivity contribution >= 4 is 28.7 Å². The third-order valence-corrected chi connectivity index (χ3v) is 4.06. The molecule has 154 valence electrons. The van der Waals surface area contributed by atoms with Crippen LogP contribution in [0.5, 0.6) is 11.5 Å². The van der Waals surface area contributed by atoms with E-state index in [1.807, 2.05) is 19.1 Å². The molecule has 2 N–H and O–H groups in total. The summed E-state index contributed by atoms with van der Waals surface area (Å²) in [6, 6.07) is 3.00. The van der Waals surface area contributed by atoms with E-state index < -0.39 is 6.29 Å². The number of benzene rings is 1. The minimum atomic E-state index is -3.71. The van der Waals surface area contributed by atoms with E-state index in [1.54, 1.807) is 19.3 Å². The highest BCUT2D eigenvalue weighted by atomic mass is 19.3. The molecule has 3 aromatic rings. The monoisotopic (exact) mass is 404 g/mol. The molecule has 0 saturated heterocycles. The number of aliphatic imine (C=N–C) groups is 1. The van der Waals surface area contributed by atoms with Crippen LogP contribution < -0.4 is 15.2 Å². The van der Waals surface area contributed by atoms with E-state index in [1.165, 1.54) is 10.6 Å². The maximum atomic E-state index is 13.3. The zero-order valence-corrected chi connectivity index (χ0v) is 16.4. The van der Waals surface area contributed by atoms with Crippen molar-refractivity contribution in [2.45, 2.75) is 39.4 Å². The number of ether oxygens (including phenoxy) is 2. The largest absolute Gasteiger partial charge is 0.586 e. The summed E-state index contributed by atoms with van der Waals surface area (Å²) in [7, 11) is 1.75. The van der Waals surface area contributed by atoms with Gasteiger partial charge in [-0.25, -0.2) is 9.97 Å². The Morgan fingerprint density at radius 3 is 2.72 bits per heavy atom. The second kappa shape index (κ2) is 8.38. The van der Waals surface area contributed by atoms with Crippen LogP contribution in [0.1, 0.15) is 32.5 Å². The van der Waals surface area contributed by atoms with Crippen LogP contribution in [0.4, 0.5) is 14.7 Å². The predicted molar refractivity (Wildman–Crippen MR) is 107 cm³/mol. The smallest absolute Gasteiger partial charge is 0.395 e. The molecule has 0 bridgehead atoms. The SMILES string of the molecule is C/C=C\C=NC.CCCCc1nc2c3ccc4c(c3nc(N)n2n1)OC(F)(F)O4. The lowest BCUT2D eigenvalue weighted by Crippen LogP contribution is -2.26. The molecule has 1 aliphatic heterocycles. The number of unbranched alkanes of at least 4 members (excludes halogenated alkanes) is 1. The Morgan fingerprint density at radius 1 is 1.28 bits per heavy atom. The van der Waals surface area contributed by atoms with Crippen molar-refractivity contribution in [3.63, 3.8) is 0 Å². The third kappa shape index (κ3) is 4.25. The van der Waals surface area contributed by atoms with Gasteiger partial charge in [-0.1, -0.05) is 19.4 Å². The number of fused-ring (bicyclic) bond motifs is 5. The van der Waals surface area contributed by atoms with E-state index in [4.69, 9.17) is 5.73 Å². The lowest BCUT2D eigenvalue weighted by Gasteiger charge is -2.05. The Morgan fingerprint density at radius 2 is 2.07 bits per heavy atom. The minimum Gasteiger partial charge on any atom is -0.395 e. The van der Waals surface area contributed by atoms with Crippen LogP contribution in [0.15, 0.2) is 29.3 Å². The maximum Gasteiger partial charge on any atom is 0.586 e. The first kappa shape index (κ1) is 20.4. The molecule has 2 aromatic heterocycles. The molecule has 0 unspecified atom stereocenters. The number of halogens is 2. The number of nitrogens with two attached hydrogens (primary N) is 1. The summed E-state index contributed by atoms with van der Waals surface area (Å²) < 4.78 is 37.0. The molecule has 4 rings (SSSR count). The Labute approximate surface area is 166 Å². The van der Waals surface area contributed by atoms with E-state index in [0.29, 0.717) is 23.3 Å². The maximum absolute atomic E-state index is 13.3. The van der Waals surface area contributed by atoms with Crippen LogP contribution >= 0.6 is 0 Å². The zero-order chi connectivity index (χ0) is 21.0. The number of anilines is 1. The summed E-state index contributed by atoms with van der Waals surface area (Å²) in [5, 5.41) is 4.84. The quantitative estimate of drug-likeness (QED) is 0.664. The van der Waals surface area contributed by atoms with Crippen LogP contribution in [0.2, 0.25) is 0 Å². The molecule has 1 aromatic carbocycles. The number of hydrogen-bond donors (Lipinski definition) is 1. The van der Waals surface area contributed by atoms with Gasteiger partial charge in [-0.05, 0) is 31.6 Å². The normalized spacial score (nSPS) is 14.8. The third-order valence-electron chi connectivity index (χ3n) is 4.06. The molecular formula is C19H22F2N6O2. The molecule has 3 heterocycles. The number of alkyl halides is 2. The van der Waals surface area contributed by atoms with Gasteiger partial charge in [0.1, 0.15) is 5.52 Å². The fourth-order valence-electron chi connectivity index (χ4n) is 2.75. The summed E-state index contributed by atoms with van der Waals surface area (Å²) in [5.41, 5.74) is 6.53. The second-order valence-electron chi connectivity index (χ2n) is 6.23. The number of allylic oxidation sites excluding steroid dienone is 2. The van der Waals surface area contributed by atoms with Gasteiger partial charge in [0, 0.05) is 25.1 Å². The Kier molecular flexibility index (Phi) is 5.90. The number of hydrogen-bond acceptors (Lipinski definition) is 7. The van der Waals surface area contributed by atoms with Crippen molar-refractivity contribution in [1.29, 1.82) is 0 Å². The van der Waals surface area contributed by atoms with Gasteiger partial charge in [0.05, 0.1) is 0 Å². The van der Waals surface area contributed by atoms with Crippen LogP contribution in [0.3, 0.4) is 0 Å². The average molecular weight is 404 g/mol. The summed E-state index contributed by atoms with van der Waals surface area (Å²) in [4.78, 5) is 12.3. The lowest BCUT2D eigenvalue weighted by atomic mass is 10.2. The number of rotatable bonds is 4. The van der Waals surface area contributed by atoms with Crippen molar-refractivity contribution in [1.82, 2.24) is 19.6 Å². The Hall–Kier alpha value is -3.30. The van der Waals surface area contributed by atoms with Crippen molar-refractivity contribution in [2.24, 2.45) is 4.99 Å². The molecule has 0 fully saturated rings. The highest BCUT2D eigenvalue weighted by molar-refractivity contribution is 5.97. The number of nitrogens with zero attached hydrogens (tertiary/aromatic N) is 5. The number of aromatic nitrogens is 4. The second-order valence-corrected chi connectivity index (χ2v) is 6.23. The van der Waals surface area contributed by atoms with Crippen LogP contribution in [-0.4, -0.2) is 39.1 Å². The van der Waals surface area contributed by atoms with Gasteiger partial charge in [-0.15, -0.1) is 13.9 Å². The molecule has 0 spiro atoms. The minimum absolute atomic E-state index is 0.0509. The molecule has 29 heavy (non-hydrogen) atoms. The first-order valence-electron chi connectivity index (χ1n) is 9.17. The molecule has 0 aliphatic carbocycles. The van der Waals surface area contributed by atoms with Crippen LogP contribution in [0, 0.1) is 0 Å². The van der Waals surface area contributed by atoms with Gasteiger partial charge < -0.3 is 15.2 Å². The van der Waals surface area contributed by atoms with Gasteiger partial charge in [0.25, 0.3) is 0 Å². The fourth-order valence-corrected chi connectivity index (χ4v) is 2.75. The van der Waals surface area contributed by atoms with Crippen molar-refractivity contribution < 1.29 is 18.3 Å². The molecule has 0 amide bonds. The lowest BCUT2D eigenvalue weighted by molar-refractivity contribution is -0.286. The molecule has 0 atom stereocenters. The summed E-state index contributed by atoms with van der Waals surface area (Å²) >= 11 is 0. The van der Waals surface area contributed by atoms with Crippen molar-refractivity contribution in [3.05, 3.63) is 30.1 Å². The van der Waals surface area contributed by atoms with E-state index >= 15 is 0 Å². The molecular weight excluding hydrogens is 382 g/mol. The van der Waals surface area contributed by atoms with Gasteiger partial charge >= 0.3 is 6.29 Å². The first-order valence-corrected chi connectivity index (χ1v) is 9.17. The van der Waals surface area contributed by atoms with Crippen molar-refractivity contribution in [3.8, 4) is 11.5 Å². The molecule has 8 nitrogen and oxygen atoms in total. The molecule has 0 saturated carbocycles. The van der Waals surface area contributed by atoms with Crippen molar-refractivity contribution in [2.75, 3.05) is 12.8 Å². The Bertz CT molecular complexity index is 1070. The van der Waals surface area contributed by atoms with Crippen LogP contribution in [-0.2, 0) is 6.42 Å². The standard InChI is InChI=1S/C14H13F2N5O2.C5H9N/c1-2-3-4-9-18-12-7-5-6-8-11(23-14(15,16)22-8)10(7)19-13(17)21(12)20-9;1-3-4-5-6-2/h5-6H,2-4H2,1H3,(H2,17,19);3-5H,1-2H3/b;4-3-,6-5?. The number of aryl methyl sites for hydroxylation is 1. The predicted octanol–water partition coefficient (Wildman–Crippen LogP) is 3.79. The zero-order valence-electron chi connectivity index (χ0n) is 16.4. The highest BCUT2D eigenvalue weighted by Gasteiger charge is 2.44. The van der Waals surface area contributed by atoms with E-state index in [0.717, 1.165) is 12.8 Å². The van der Waals surface area contributed by atoms with Crippen LogP contribution in [0.25, 0.3) is 16.6 Å². The molecule has 1 aliphatic rings. The summed E-state index contributed by atoms with van der Waals surface area (Å²) in [6.45, 7) is 4.03. The van der Waals surface area contributed by atoms with Gasteiger partial charge in [-0.3, -0.25) is 4.99 Å². The topological polar surface area (TPSA) is 99.9 Å². The highest BCUT2D eigenvalue weighted by Crippen LogP contribution is 2.45. The van der Waals surface area contributed by atoms with E-state index in [-0.39, 0.29) is 23.0 Å². The molecule has 10 heteroatoms. The number of nitrogen functional groups attached to an aromatic ring is 1. The average Bonchev–Trinajstić information content (AvgIpc) is 3.25. The summed E-state index contributed by atoms with van der Waals surface area (Å²) in [5.74, 6) is 0.468. The fraction of sp³-hybridized carbons (Fsp3) is 0.368. The first-order chi connectivity index (χ1) is 13.9. The van der Waals surface area contributed by atoms with Gasteiger partial charge in [-0.2, -0.15) is 4.52 Å². The van der Waals surface area contributed by atoms with E-state index in [9.17, 15) is 8.78 Å².